The smallest absolute Gasteiger partial charge is 0.410 e. The van der Waals surface area contributed by atoms with Gasteiger partial charge in [0.2, 0.25) is 53.2 Å². The van der Waals surface area contributed by atoms with Gasteiger partial charge in [-0.3, -0.25) is 48.1 Å². The zero-order chi connectivity index (χ0) is 76.9. The Balaban J connectivity index is 1.51. The van der Waals surface area contributed by atoms with Crippen LogP contribution in [-0.4, -0.2) is 216 Å². The first kappa shape index (κ1) is 86.0. The van der Waals surface area contributed by atoms with Crippen LogP contribution >= 0.6 is 0 Å². The molecule has 566 valence electrons. The maximum Gasteiger partial charge on any atom is 0.410 e. The molecule has 102 heavy (non-hydrogen) atoms. The van der Waals surface area contributed by atoms with E-state index >= 15 is 9.59 Å². The van der Waals surface area contributed by atoms with E-state index in [-0.39, 0.29) is 87.2 Å². The van der Waals surface area contributed by atoms with Crippen molar-refractivity contribution in [1.29, 1.82) is 0 Å². The number of rotatable bonds is 38. The van der Waals surface area contributed by atoms with Crippen LogP contribution in [-0.2, 0) is 64.0 Å². The number of likely N-dealkylation sites (N-methyl/N-ethyl adjacent to an activating group) is 7. The first-order valence-electron chi connectivity index (χ1n) is 36.5. The normalized spacial score (nSPS) is 14.7. The van der Waals surface area contributed by atoms with Gasteiger partial charge in [-0.2, -0.15) is 0 Å². The van der Waals surface area contributed by atoms with Crippen molar-refractivity contribution in [2.45, 2.75) is 223 Å². The maximum atomic E-state index is 15.2. The number of carbonyl (C=O) groups excluding carboxylic acids is 11. The SMILES string of the molecule is CCC[C@H](NC(=O)[C@H](CC(C)C)N(C)C(=O)[C@H](C(C)C)N(C)C(=O)[C@H](CC(C)C)N(C)C(=O)[C@H](CC(C)C)N(C)C(=O)OCC1c2ccccc2-c2ccccc21)C(=O)N(C)CC(=O)N(C)[C@@H](CC(C)C)C(=O)N[C@H](C(=O)N(C)[C@@H](CC(C)C)C(=O)N[C@@H](C)C(=O)OCc1ccccc1)C(C)C. The molecule has 3 aromatic rings. The minimum Gasteiger partial charge on any atom is -0.459 e. The number of esters is 1. The van der Waals surface area contributed by atoms with Gasteiger partial charge in [0.25, 0.3) is 0 Å². The quantitative estimate of drug-likeness (QED) is 0.0452. The summed E-state index contributed by atoms with van der Waals surface area (Å²) in [7, 11) is 10.5. The molecule has 3 N–H and O–H groups in total. The van der Waals surface area contributed by atoms with E-state index < -0.39 is 138 Å². The highest BCUT2D eigenvalue weighted by Gasteiger charge is 2.44. The van der Waals surface area contributed by atoms with E-state index in [1.165, 1.54) is 83.5 Å². The summed E-state index contributed by atoms with van der Waals surface area (Å²) < 4.78 is 11.5. The topological polar surface area (TPSA) is 265 Å². The van der Waals surface area contributed by atoms with E-state index in [2.05, 4.69) is 28.1 Å². The van der Waals surface area contributed by atoms with Crippen LogP contribution in [0.15, 0.2) is 78.9 Å². The molecule has 0 bridgehead atoms. The van der Waals surface area contributed by atoms with Gasteiger partial charge in [-0.15, -0.1) is 0 Å². The molecule has 3 aromatic carbocycles. The zero-order valence-corrected chi connectivity index (χ0v) is 65.3. The lowest BCUT2D eigenvalue weighted by Crippen LogP contribution is -2.61. The van der Waals surface area contributed by atoms with Gasteiger partial charge in [0.15, 0.2) is 0 Å². The van der Waals surface area contributed by atoms with Crippen molar-refractivity contribution >= 4 is 65.2 Å². The molecule has 0 fully saturated rings. The van der Waals surface area contributed by atoms with Gasteiger partial charge < -0.3 is 54.8 Å². The minimum absolute atomic E-state index is 0.0113. The second-order valence-electron chi connectivity index (χ2n) is 30.7. The van der Waals surface area contributed by atoms with Crippen molar-refractivity contribution in [1.82, 2.24) is 50.2 Å². The summed E-state index contributed by atoms with van der Waals surface area (Å²) in [5, 5.41) is 8.52. The Bertz CT molecular complexity index is 3270. The Morgan fingerprint density at radius 2 is 0.833 bits per heavy atom. The summed E-state index contributed by atoms with van der Waals surface area (Å²) in [6.45, 7) is 29.1. The van der Waals surface area contributed by atoms with Crippen molar-refractivity contribution in [2.75, 3.05) is 62.5 Å². The number of amides is 10. The second-order valence-corrected chi connectivity index (χ2v) is 30.7. The molecule has 23 nitrogen and oxygen atoms in total. The van der Waals surface area contributed by atoms with Gasteiger partial charge in [-0.1, -0.05) is 189 Å². The Labute approximate surface area is 608 Å². The van der Waals surface area contributed by atoms with E-state index in [1.807, 2.05) is 143 Å². The molecule has 0 spiro atoms. The number of nitrogens with zero attached hydrogens (tertiary/aromatic N) is 7. The van der Waals surface area contributed by atoms with Crippen molar-refractivity contribution in [2.24, 2.45) is 41.4 Å². The zero-order valence-electron chi connectivity index (χ0n) is 65.3. The first-order valence-corrected chi connectivity index (χ1v) is 36.5. The van der Waals surface area contributed by atoms with Gasteiger partial charge in [-0.05, 0) is 115 Å². The molecule has 1 aliphatic rings. The molecule has 23 heteroatoms. The first-order chi connectivity index (χ1) is 47.8. The van der Waals surface area contributed by atoms with E-state index in [0.717, 1.165) is 27.8 Å². The van der Waals surface area contributed by atoms with E-state index in [0.29, 0.717) is 6.42 Å². The number of nitrogens with one attached hydrogen (secondary N) is 3. The van der Waals surface area contributed by atoms with Crippen LogP contribution in [0.4, 0.5) is 4.79 Å². The highest BCUT2D eigenvalue weighted by Crippen LogP contribution is 2.44. The Morgan fingerprint density at radius 1 is 0.422 bits per heavy atom. The predicted octanol–water partition coefficient (Wildman–Crippen LogP) is 9.39. The van der Waals surface area contributed by atoms with Crippen LogP contribution in [0.5, 0.6) is 0 Å². The third-order valence-corrected chi connectivity index (χ3v) is 19.1. The number of fused-ring (bicyclic) bond motifs is 3. The predicted molar refractivity (Wildman–Crippen MR) is 397 cm³/mol. The number of benzene rings is 3. The molecule has 0 heterocycles. The fourth-order valence-corrected chi connectivity index (χ4v) is 13.3. The Hall–Kier alpha value is -8.37. The summed E-state index contributed by atoms with van der Waals surface area (Å²) in [5.41, 5.74) is 5.02. The molecule has 0 aromatic heterocycles. The lowest BCUT2D eigenvalue weighted by molar-refractivity contribution is -0.154. The molecular weight excluding hydrogens is 1300 g/mol. The number of hydrogen-bond donors (Lipinski definition) is 3. The van der Waals surface area contributed by atoms with Crippen molar-refractivity contribution in [3.8, 4) is 11.1 Å². The molecule has 0 unspecified atom stereocenters. The number of ether oxygens (including phenoxy) is 2. The van der Waals surface area contributed by atoms with E-state index in [1.54, 1.807) is 34.7 Å². The Morgan fingerprint density at radius 3 is 1.30 bits per heavy atom. The lowest BCUT2D eigenvalue weighted by atomic mass is 9.95. The minimum atomic E-state index is -1.15. The molecule has 9 atom stereocenters. The molecular formula is C79H122N10O13. The molecule has 0 aliphatic heterocycles. The van der Waals surface area contributed by atoms with Gasteiger partial charge >= 0.3 is 12.1 Å². The van der Waals surface area contributed by atoms with Crippen LogP contribution in [0.25, 0.3) is 11.1 Å². The fourth-order valence-electron chi connectivity index (χ4n) is 13.3. The Kier molecular flexibility index (Phi) is 33.6. The largest absolute Gasteiger partial charge is 0.459 e. The molecule has 0 saturated carbocycles. The average molecular weight is 1420 g/mol. The van der Waals surface area contributed by atoms with Crippen LogP contribution in [0.3, 0.4) is 0 Å². The number of carbonyl (C=O) groups is 11. The molecule has 0 radical (unpaired) electrons. The van der Waals surface area contributed by atoms with Gasteiger partial charge in [0.05, 0.1) is 6.54 Å². The lowest BCUT2D eigenvalue weighted by Gasteiger charge is -2.40. The van der Waals surface area contributed by atoms with Crippen LogP contribution in [0.2, 0.25) is 0 Å². The highest BCUT2D eigenvalue weighted by molar-refractivity contribution is 5.98. The summed E-state index contributed by atoms with van der Waals surface area (Å²) in [6, 6.07) is 15.3. The molecule has 4 rings (SSSR count). The molecule has 0 saturated heterocycles. The van der Waals surface area contributed by atoms with E-state index in [4.69, 9.17) is 9.47 Å². The fraction of sp³-hybridized carbons (Fsp3) is 0.633. The highest BCUT2D eigenvalue weighted by atomic mass is 16.6. The van der Waals surface area contributed by atoms with E-state index in [9.17, 15) is 43.2 Å². The standard InChI is InChI=1S/C79H122N10O13/c1-24-32-61(73(94)83(17)44-67(90)84(18)62(39-47(2)3)72(93)82-68(52(12)13)76(97)85(19)63(40-48(4)5)70(91)80-54(16)78(99)101-45-55-33-26-25-27-34-55)81-71(92)64(41-49(6)7)86(20)77(98)69(53(14)15)89(23)75(96)65(42-50(8)9)87(21)74(95)66(43-51(10)11)88(22)79(100)102-46-60-58-37-30-28-35-56(58)57-36-29-31-38-59(57)60/h25-31,33-38,47-54,60-66,68-69H,24,32,39-46H2,1-23H3,(H,80,91)(H,81,92)(H,82,93)/t54-,61-,62-,63-,64-,65-,66-,68-,69-/m0/s1. The van der Waals surface area contributed by atoms with Crippen LogP contribution < -0.4 is 16.0 Å². The van der Waals surface area contributed by atoms with Crippen molar-refractivity contribution < 1.29 is 62.2 Å². The maximum absolute atomic E-state index is 15.2. The van der Waals surface area contributed by atoms with Gasteiger partial charge in [0.1, 0.15) is 67.6 Å². The summed E-state index contributed by atoms with van der Waals surface area (Å²) in [5.74, 6) is -7.42. The third kappa shape index (κ3) is 23.6. The summed E-state index contributed by atoms with van der Waals surface area (Å²) >= 11 is 0. The van der Waals surface area contributed by atoms with Gasteiger partial charge in [-0.25, -0.2) is 9.59 Å². The third-order valence-electron chi connectivity index (χ3n) is 19.1. The van der Waals surface area contributed by atoms with Crippen LogP contribution in [0.1, 0.15) is 178 Å². The summed E-state index contributed by atoms with van der Waals surface area (Å²) in [4.78, 5) is 168. The van der Waals surface area contributed by atoms with Gasteiger partial charge in [0, 0.05) is 55.3 Å². The van der Waals surface area contributed by atoms with Crippen molar-refractivity contribution in [3.63, 3.8) is 0 Å². The number of hydrogen-bond acceptors (Lipinski definition) is 13. The molecule has 1 aliphatic carbocycles. The van der Waals surface area contributed by atoms with Crippen LogP contribution in [0, 0.1) is 41.4 Å². The monoisotopic (exact) mass is 1420 g/mol. The summed E-state index contributed by atoms with van der Waals surface area (Å²) in [6.07, 6.45) is 0.994. The van der Waals surface area contributed by atoms with Crippen molar-refractivity contribution in [3.05, 3.63) is 95.6 Å². The average Bonchev–Trinajstić information content (AvgIpc) is 1.59. The molecule has 10 amide bonds. The second kappa shape index (κ2) is 39.9.